The summed E-state index contributed by atoms with van der Waals surface area (Å²) in [5, 5.41) is 10.8. The van der Waals surface area contributed by atoms with E-state index in [1.807, 2.05) is 42.3 Å². The van der Waals surface area contributed by atoms with E-state index in [-0.39, 0.29) is 17.9 Å². The largest absolute Gasteiger partial charge is 0.491 e. The fourth-order valence-corrected chi connectivity index (χ4v) is 4.49. The highest BCUT2D eigenvalue weighted by atomic mass is 16.5. The summed E-state index contributed by atoms with van der Waals surface area (Å²) in [7, 11) is 1.83. The predicted molar refractivity (Wildman–Crippen MR) is 131 cm³/mol. The highest BCUT2D eigenvalue weighted by Gasteiger charge is 2.28. The number of H-pyrrole nitrogens is 1. The van der Waals surface area contributed by atoms with Gasteiger partial charge in [-0.2, -0.15) is 15.4 Å². The van der Waals surface area contributed by atoms with Gasteiger partial charge in [0.1, 0.15) is 23.4 Å². The van der Waals surface area contributed by atoms with Crippen LogP contribution in [0.15, 0.2) is 42.5 Å². The van der Waals surface area contributed by atoms with Gasteiger partial charge in [0, 0.05) is 25.7 Å². The van der Waals surface area contributed by atoms with E-state index in [1.165, 1.54) is 0 Å². The molecule has 2 heterocycles. The maximum absolute atomic E-state index is 13.7. The van der Waals surface area contributed by atoms with Crippen LogP contribution < -0.4 is 4.74 Å². The lowest BCUT2D eigenvalue weighted by molar-refractivity contribution is 0.0573. The number of hydrogen-bond donors (Lipinski definition) is 1. The molecule has 3 aromatic rings. The van der Waals surface area contributed by atoms with Crippen molar-refractivity contribution in [2.24, 2.45) is 5.92 Å². The van der Waals surface area contributed by atoms with Crippen molar-refractivity contribution in [1.82, 2.24) is 25.2 Å². The molecule has 4 rings (SSSR count). The van der Waals surface area contributed by atoms with Gasteiger partial charge in [-0.25, -0.2) is 0 Å². The number of carbonyl (C=O) groups is 2. The first-order valence-corrected chi connectivity index (χ1v) is 12.0. The van der Waals surface area contributed by atoms with Crippen molar-refractivity contribution in [3.63, 3.8) is 0 Å². The van der Waals surface area contributed by atoms with Crippen molar-refractivity contribution in [3.05, 3.63) is 53.6 Å². The van der Waals surface area contributed by atoms with Crippen molar-refractivity contribution < 1.29 is 14.3 Å². The number of nitrogens with one attached hydrogen (secondary N) is 1. The minimum Gasteiger partial charge on any atom is -0.491 e. The molecule has 0 aliphatic carbocycles. The van der Waals surface area contributed by atoms with Gasteiger partial charge in [-0.05, 0) is 61.9 Å². The molecule has 34 heavy (non-hydrogen) atoms. The minimum atomic E-state index is -0.123. The maximum atomic E-state index is 13.7. The fraction of sp³-hybridized carbons (Fsp3) is 0.462. The average molecular weight is 464 g/mol. The van der Waals surface area contributed by atoms with E-state index in [4.69, 9.17) is 4.74 Å². The number of carbonyl (C=O) groups excluding carboxylic acids is 2. The Morgan fingerprint density at radius 3 is 2.68 bits per heavy atom. The molecule has 1 aliphatic rings. The van der Waals surface area contributed by atoms with Gasteiger partial charge >= 0.3 is 0 Å². The van der Waals surface area contributed by atoms with Gasteiger partial charge in [0.05, 0.1) is 11.6 Å². The third-order valence-electron chi connectivity index (χ3n) is 6.30. The van der Waals surface area contributed by atoms with Gasteiger partial charge in [0.25, 0.3) is 11.8 Å². The van der Waals surface area contributed by atoms with Gasteiger partial charge in [-0.3, -0.25) is 9.59 Å². The number of rotatable bonds is 3. The van der Waals surface area contributed by atoms with E-state index in [9.17, 15) is 9.59 Å². The second kappa shape index (κ2) is 10.7. The Morgan fingerprint density at radius 2 is 1.85 bits per heavy atom. The van der Waals surface area contributed by atoms with E-state index in [0.29, 0.717) is 48.0 Å². The number of fused-ring (bicyclic) bond motifs is 2. The second-order valence-corrected chi connectivity index (χ2v) is 9.40. The minimum absolute atomic E-state index is 0.0319. The summed E-state index contributed by atoms with van der Waals surface area (Å²) in [4.78, 5) is 30.5. The lowest BCUT2D eigenvalue weighted by Gasteiger charge is -2.33. The SMILES string of the molecule is CC(C)C[C@H]1COc2ccccc2C(=O)N(C)CCCCCN1C(=O)c1ccc2n[nH]nc2c1. The molecule has 1 atom stereocenters. The Hall–Kier alpha value is -3.42. The Bertz CT molecular complexity index is 1140. The quantitative estimate of drug-likeness (QED) is 0.630. The van der Waals surface area contributed by atoms with Crippen LogP contribution in [0.5, 0.6) is 5.75 Å². The zero-order valence-corrected chi connectivity index (χ0v) is 20.2. The van der Waals surface area contributed by atoms with Crippen LogP contribution in [0.4, 0.5) is 0 Å². The number of amides is 2. The van der Waals surface area contributed by atoms with E-state index in [2.05, 4.69) is 29.3 Å². The molecule has 0 saturated heterocycles. The van der Waals surface area contributed by atoms with Gasteiger partial charge < -0.3 is 14.5 Å². The number of aromatic nitrogens is 3. The molecule has 0 spiro atoms. The Labute approximate surface area is 200 Å². The summed E-state index contributed by atoms with van der Waals surface area (Å²) in [5.74, 6) is 0.865. The number of nitrogens with zero attached hydrogens (tertiary/aromatic N) is 4. The highest BCUT2D eigenvalue weighted by molar-refractivity contribution is 5.98. The van der Waals surface area contributed by atoms with Crippen LogP contribution in [0.25, 0.3) is 11.0 Å². The molecule has 0 fully saturated rings. The number of benzene rings is 2. The topological polar surface area (TPSA) is 91.4 Å². The van der Waals surface area contributed by atoms with E-state index in [1.54, 1.807) is 17.0 Å². The normalized spacial score (nSPS) is 18.1. The summed E-state index contributed by atoms with van der Waals surface area (Å²) in [6, 6.07) is 12.7. The molecular formula is C26H33N5O3. The standard InChI is InChI=1S/C26H33N5O3/c1-18(2)15-20-17-34-24-10-6-5-9-21(24)26(33)30(3)13-7-4-8-14-31(20)25(32)19-11-12-22-23(16-19)28-29-27-22/h5-6,9-12,16,18,20H,4,7-8,13-15,17H2,1-3H3,(H,27,28,29)/t20-/m0/s1. The number of para-hydroxylation sites is 1. The van der Waals surface area contributed by atoms with E-state index < -0.39 is 0 Å². The number of ether oxygens (including phenoxy) is 1. The zero-order valence-electron chi connectivity index (χ0n) is 20.2. The Kier molecular flexibility index (Phi) is 7.45. The summed E-state index contributed by atoms with van der Waals surface area (Å²) >= 11 is 0. The molecular weight excluding hydrogens is 430 g/mol. The summed E-state index contributed by atoms with van der Waals surface area (Å²) in [6.07, 6.45) is 3.48. The average Bonchev–Trinajstić information content (AvgIpc) is 3.31. The monoisotopic (exact) mass is 463 g/mol. The fourth-order valence-electron chi connectivity index (χ4n) is 4.49. The van der Waals surface area contributed by atoms with Crippen molar-refractivity contribution in [2.75, 3.05) is 26.7 Å². The van der Waals surface area contributed by atoms with Gasteiger partial charge in [-0.15, -0.1) is 0 Å². The zero-order chi connectivity index (χ0) is 24.1. The van der Waals surface area contributed by atoms with Crippen molar-refractivity contribution >= 4 is 22.8 Å². The summed E-state index contributed by atoms with van der Waals surface area (Å²) in [5.41, 5.74) is 2.55. The van der Waals surface area contributed by atoms with Crippen LogP contribution in [-0.2, 0) is 0 Å². The Morgan fingerprint density at radius 1 is 1.09 bits per heavy atom. The molecule has 0 bridgehead atoms. The van der Waals surface area contributed by atoms with Crippen LogP contribution in [-0.4, -0.2) is 69.8 Å². The molecule has 1 aliphatic heterocycles. The third-order valence-corrected chi connectivity index (χ3v) is 6.30. The smallest absolute Gasteiger partial charge is 0.257 e. The number of aromatic amines is 1. The van der Waals surface area contributed by atoms with Crippen molar-refractivity contribution in [1.29, 1.82) is 0 Å². The second-order valence-electron chi connectivity index (χ2n) is 9.40. The summed E-state index contributed by atoms with van der Waals surface area (Å²) < 4.78 is 6.24. The van der Waals surface area contributed by atoms with E-state index in [0.717, 1.165) is 31.2 Å². The lowest BCUT2D eigenvalue weighted by Crippen LogP contribution is -2.45. The van der Waals surface area contributed by atoms with Crippen LogP contribution in [0, 0.1) is 5.92 Å². The van der Waals surface area contributed by atoms with Crippen LogP contribution in [0.1, 0.15) is 60.2 Å². The van der Waals surface area contributed by atoms with Crippen LogP contribution >= 0.6 is 0 Å². The Balaban J connectivity index is 1.66. The van der Waals surface area contributed by atoms with Crippen LogP contribution in [0.2, 0.25) is 0 Å². The molecule has 1 N–H and O–H groups in total. The molecule has 2 aromatic carbocycles. The summed E-state index contributed by atoms with van der Waals surface area (Å²) in [6.45, 7) is 5.93. The first-order chi connectivity index (χ1) is 16.4. The first-order valence-electron chi connectivity index (χ1n) is 12.0. The van der Waals surface area contributed by atoms with Gasteiger partial charge in [0.15, 0.2) is 0 Å². The molecule has 2 amide bonds. The maximum Gasteiger partial charge on any atom is 0.257 e. The molecule has 0 saturated carbocycles. The number of hydrogen-bond acceptors (Lipinski definition) is 5. The van der Waals surface area contributed by atoms with Crippen LogP contribution in [0.3, 0.4) is 0 Å². The molecule has 0 radical (unpaired) electrons. The molecule has 180 valence electrons. The first kappa shape index (κ1) is 23.7. The molecule has 1 aromatic heterocycles. The third kappa shape index (κ3) is 5.38. The lowest BCUT2D eigenvalue weighted by atomic mass is 10.0. The molecule has 0 unspecified atom stereocenters. The van der Waals surface area contributed by atoms with Gasteiger partial charge in [-0.1, -0.05) is 26.0 Å². The predicted octanol–water partition coefficient (Wildman–Crippen LogP) is 4.15. The van der Waals surface area contributed by atoms with E-state index >= 15 is 0 Å². The highest BCUT2D eigenvalue weighted by Crippen LogP contribution is 2.24. The van der Waals surface area contributed by atoms with Crippen molar-refractivity contribution in [2.45, 2.75) is 45.6 Å². The molecule has 8 heteroatoms. The molecule has 8 nitrogen and oxygen atoms in total. The van der Waals surface area contributed by atoms with Gasteiger partial charge in [0.2, 0.25) is 0 Å². The van der Waals surface area contributed by atoms with Crippen molar-refractivity contribution in [3.8, 4) is 5.75 Å².